The summed E-state index contributed by atoms with van der Waals surface area (Å²) in [6.07, 6.45) is 5.26. The number of benzene rings is 1. The summed E-state index contributed by atoms with van der Waals surface area (Å²) in [6.45, 7) is 8.56. The third-order valence-corrected chi connectivity index (χ3v) is 5.54. The second-order valence-corrected chi connectivity index (χ2v) is 7.01. The molecule has 0 unspecified atom stereocenters. The van der Waals surface area contributed by atoms with Crippen molar-refractivity contribution in [1.29, 1.82) is 0 Å². The molecule has 0 radical (unpaired) electrons. The number of piperazine rings is 1. The third kappa shape index (κ3) is 3.37. The van der Waals surface area contributed by atoms with Gasteiger partial charge in [0.15, 0.2) is 5.11 Å². The summed E-state index contributed by atoms with van der Waals surface area (Å²) in [5, 5.41) is 4.53. The molecule has 1 N–H and O–H groups in total. The maximum atomic E-state index is 5.61. The molecule has 1 aromatic rings. The lowest BCUT2D eigenvalue weighted by molar-refractivity contribution is 0.374. The van der Waals surface area contributed by atoms with Crippen molar-refractivity contribution in [3.63, 3.8) is 0 Å². The van der Waals surface area contributed by atoms with E-state index >= 15 is 0 Å². The van der Waals surface area contributed by atoms with Crippen LogP contribution in [0.15, 0.2) is 18.2 Å². The van der Waals surface area contributed by atoms with Gasteiger partial charge in [0.05, 0.1) is 0 Å². The van der Waals surface area contributed by atoms with E-state index in [1.54, 1.807) is 0 Å². The minimum absolute atomic E-state index is 0.615. The van der Waals surface area contributed by atoms with E-state index in [-0.39, 0.29) is 0 Å². The van der Waals surface area contributed by atoms with Gasteiger partial charge < -0.3 is 15.1 Å². The maximum Gasteiger partial charge on any atom is 0.169 e. The van der Waals surface area contributed by atoms with Crippen LogP contribution in [0.2, 0.25) is 0 Å². The Morgan fingerprint density at radius 3 is 2.45 bits per heavy atom. The molecule has 4 heteroatoms. The molecule has 0 aromatic heterocycles. The normalized spacial score (nSPS) is 19.5. The van der Waals surface area contributed by atoms with Gasteiger partial charge in [0.1, 0.15) is 0 Å². The Hall–Kier alpha value is -1.29. The summed E-state index contributed by atoms with van der Waals surface area (Å²) in [4.78, 5) is 4.84. The minimum Gasteiger partial charge on any atom is -0.368 e. The van der Waals surface area contributed by atoms with Gasteiger partial charge in [0.2, 0.25) is 0 Å². The monoisotopic (exact) mass is 317 g/mol. The molecule has 2 fully saturated rings. The highest BCUT2D eigenvalue weighted by atomic mass is 32.1. The van der Waals surface area contributed by atoms with Crippen LogP contribution in [0.25, 0.3) is 0 Å². The van der Waals surface area contributed by atoms with Crippen LogP contribution in [-0.2, 0) is 0 Å². The van der Waals surface area contributed by atoms with Crippen molar-refractivity contribution in [2.24, 2.45) is 0 Å². The van der Waals surface area contributed by atoms with Crippen LogP contribution >= 0.6 is 12.2 Å². The van der Waals surface area contributed by atoms with Crippen LogP contribution in [0, 0.1) is 13.8 Å². The first-order valence-electron chi connectivity index (χ1n) is 8.52. The number of nitrogens with one attached hydrogen (secondary N) is 1. The standard InChI is InChI=1S/C18H27N3S/c1-14-6-5-9-17(15(14)2)20-10-12-21(13-11-20)18(22)19-16-7-3-4-8-16/h5-6,9,16H,3-4,7-8,10-13H2,1-2H3,(H,19,22). The molecule has 1 aliphatic carbocycles. The van der Waals surface area contributed by atoms with Gasteiger partial charge in [-0.3, -0.25) is 0 Å². The van der Waals surface area contributed by atoms with Crippen LogP contribution in [0.4, 0.5) is 5.69 Å². The predicted molar refractivity (Wildman–Crippen MR) is 97.7 cm³/mol. The second-order valence-electron chi connectivity index (χ2n) is 6.62. The lowest BCUT2D eigenvalue weighted by Crippen LogP contribution is -2.53. The van der Waals surface area contributed by atoms with E-state index in [9.17, 15) is 0 Å². The quantitative estimate of drug-likeness (QED) is 0.844. The van der Waals surface area contributed by atoms with Gasteiger partial charge in [-0.25, -0.2) is 0 Å². The molecule has 0 amide bonds. The number of anilines is 1. The summed E-state index contributed by atoms with van der Waals surface area (Å²) >= 11 is 5.61. The maximum absolute atomic E-state index is 5.61. The Balaban J connectivity index is 1.55. The van der Waals surface area contributed by atoms with Gasteiger partial charge in [0, 0.05) is 37.9 Å². The van der Waals surface area contributed by atoms with Crippen molar-refractivity contribution >= 4 is 23.0 Å². The second kappa shape index (κ2) is 6.86. The highest BCUT2D eigenvalue weighted by Gasteiger charge is 2.23. The Labute approximate surface area is 139 Å². The lowest BCUT2D eigenvalue weighted by Gasteiger charge is -2.38. The number of nitrogens with zero attached hydrogens (tertiary/aromatic N) is 2. The average Bonchev–Trinajstić information content (AvgIpc) is 3.03. The van der Waals surface area contributed by atoms with Gasteiger partial charge in [0.25, 0.3) is 0 Å². The molecule has 0 bridgehead atoms. The molecule has 22 heavy (non-hydrogen) atoms. The lowest BCUT2D eigenvalue weighted by atomic mass is 10.1. The zero-order valence-corrected chi connectivity index (χ0v) is 14.6. The summed E-state index contributed by atoms with van der Waals surface area (Å²) < 4.78 is 0. The minimum atomic E-state index is 0.615. The SMILES string of the molecule is Cc1cccc(N2CCN(C(=S)NC3CCCC3)CC2)c1C. The van der Waals surface area contributed by atoms with Gasteiger partial charge in [-0.15, -0.1) is 0 Å². The van der Waals surface area contributed by atoms with E-state index in [1.165, 1.54) is 42.5 Å². The van der Waals surface area contributed by atoms with Crippen molar-refractivity contribution in [2.75, 3.05) is 31.1 Å². The third-order valence-electron chi connectivity index (χ3n) is 5.17. The van der Waals surface area contributed by atoms with Crippen LogP contribution < -0.4 is 10.2 Å². The molecule has 3 nitrogen and oxygen atoms in total. The smallest absolute Gasteiger partial charge is 0.169 e. The molecule has 1 saturated carbocycles. The molecule has 3 rings (SSSR count). The Morgan fingerprint density at radius 1 is 1.09 bits per heavy atom. The van der Waals surface area contributed by atoms with Crippen LogP contribution in [0.1, 0.15) is 36.8 Å². The van der Waals surface area contributed by atoms with E-state index in [1.807, 2.05) is 0 Å². The van der Waals surface area contributed by atoms with Crippen LogP contribution in [0.3, 0.4) is 0 Å². The average molecular weight is 318 g/mol. The van der Waals surface area contributed by atoms with Crippen molar-refractivity contribution in [2.45, 2.75) is 45.6 Å². The van der Waals surface area contributed by atoms with Crippen molar-refractivity contribution in [3.8, 4) is 0 Å². The molecule has 0 spiro atoms. The molecular formula is C18H27N3S. The number of rotatable bonds is 2. The summed E-state index contributed by atoms with van der Waals surface area (Å²) in [6, 6.07) is 7.21. The summed E-state index contributed by atoms with van der Waals surface area (Å²) in [5.41, 5.74) is 4.16. The zero-order chi connectivity index (χ0) is 15.5. The fourth-order valence-corrected chi connectivity index (χ4v) is 3.91. The van der Waals surface area contributed by atoms with E-state index < -0.39 is 0 Å². The molecule has 1 aromatic carbocycles. The number of thiocarbonyl (C=S) groups is 1. The topological polar surface area (TPSA) is 18.5 Å². The Kier molecular flexibility index (Phi) is 4.87. The molecule has 1 saturated heterocycles. The van der Waals surface area contributed by atoms with E-state index in [0.717, 1.165) is 31.3 Å². The fourth-order valence-electron chi connectivity index (χ4n) is 3.56. The van der Waals surface area contributed by atoms with Gasteiger partial charge in [-0.2, -0.15) is 0 Å². The zero-order valence-electron chi connectivity index (χ0n) is 13.8. The van der Waals surface area contributed by atoms with Gasteiger partial charge >= 0.3 is 0 Å². The van der Waals surface area contributed by atoms with Gasteiger partial charge in [-0.05, 0) is 56.1 Å². The fraction of sp³-hybridized carbons (Fsp3) is 0.611. The molecular weight excluding hydrogens is 290 g/mol. The van der Waals surface area contributed by atoms with Crippen LogP contribution in [-0.4, -0.2) is 42.2 Å². The number of hydrogen-bond acceptors (Lipinski definition) is 2. The number of aryl methyl sites for hydroxylation is 1. The molecule has 1 heterocycles. The molecule has 1 aliphatic heterocycles. The number of hydrogen-bond donors (Lipinski definition) is 1. The first-order valence-corrected chi connectivity index (χ1v) is 8.92. The first-order chi connectivity index (χ1) is 10.6. The first kappa shape index (κ1) is 15.6. The van der Waals surface area contributed by atoms with Gasteiger partial charge in [-0.1, -0.05) is 25.0 Å². The van der Waals surface area contributed by atoms with E-state index in [0.29, 0.717) is 6.04 Å². The van der Waals surface area contributed by atoms with Crippen molar-refractivity contribution in [1.82, 2.24) is 10.2 Å². The summed E-state index contributed by atoms with van der Waals surface area (Å²) in [5.74, 6) is 0. The summed E-state index contributed by atoms with van der Waals surface area (Å²) in [7, 11) is 0. The highest BCUT2D eigenvalue weighted by Crippen LogP contribution is 2.24. The Morgan fingerprint density at radius 2 is 1.77 bits per heavy atom. The largest absolute Gasteiger partial charge is 0.368 e. The predicted octanol–water partition coefficient (Wildman–Crippen LogP) is 3.24. The molecule has 2 aliphatic rings. The highest BCUT2D eigenvalue weighted by molar-refractivity contribution is 7.80. The van der Waals surface area contributed by atoms with Crippen LogP contribution in [0.5, 0.6) is 0 Å². The van der Waals surface area contributed by atoms with Crippen molar-refractivity contribution in [3.05, 3.63) is 29.3 Å². The molecule has 120 valence electrons. The van der Waals surface area contributed by atoms with E-state index in [2.05, 4.69) is 47.2 Å². The van der Waals surface area contributed by atoms with Crippen molar-refractivity contribution < 1.29 is 0 Å². The molecule has 0 atom stereocenters. The Bertz CT molecular complexity index is 529. The van der Waals surface area contributed by atoms with E-state index in [4.69, 9.17) is 12.2 Å².